The van der Waals surface area contributed by atoms with Crippen LogP contribution in [0.1, 0.15) is 0 Å². The quantitative estimate of drug-likeness (QED) is 0.824. The number of carbonyl (C=O) groups is 1. The highest BCUT2D eigenvalue weighted by Crippen LogP contribution is 2.34. The number of urea groups is 1. The number of carbonyl (C=O) groups excluding carboxylic acids is 1. The Balaban J connectivity index is 1.42. The predicted octanol–water partition coefficient (Wildman–Crippen LogP) is 2.89. The third kappa shape index (κ3) is 3.83. The Hall–Kier alpha value is -3.03. The van der Waals surface area contributed by atoms with E-state index in [0.717, 1.165) is 12.1 Å². The maximum absolute atomic E-state index is 13.0. The van der Waals surface area contributed by atoms with Gasteiger partial charge in [0.2, 0.25) is 6.79 Å². The van der Waals surface area contributed by atoms with Crippen LogP contribution in [-0.2, 0) is 0 Å². The van der Waals surface area contributed by atoms with E-state index in [9.17, 15) is 13.6 Å². The molecule has 0 aliphatic carbocycles. The van der Waals surface area contributed by atoms with E-state index in [4.69, 9.17) is 14.2 Å². The van der Waals surface area contributed by atoms with Gasteiger partial charge in [-0.25, -0.2) is 13.6 Å². The summed E-state index contributed by atoms with van der Waals surface area (Å²) in [5.74, 6) is -0.549. The topological polar surface area (TPSA) is 68.8 Å². The van der Waals surface area contributed by atoms with Crippen LogP contribution in [0.2, 0.25) is 0 Å². The van der Waals surface area contributed by atoms with Gasteiger partial charge in [0.1, 0.15) is 12.4 Å². The van der Waals surface area contributed by atoms with Gasteiger partial charge in [0.05, 0.1) is 6.54 Å². The minimum atomic E-state index is -0.985. The lowest BCUT2D eigenvalue weighted by Gasteiger charge is -2.09. The van der Waals surface area contributed by atoms with Crippen molar-refractivity contribution in [3.05, 3.63) is 48.0 Å². The van der Waals surface area contributed by atoms with E-state index >= 15 is 0 Å². The van der Waals surface area contributed by atoms with E-state index in [1.54, 1.807) is 18.2 Å². The summed E-state index contributed by atoms with van der Waals surface area (Å²) < 4.78 is 41.4. The van der Waals surface area contributed by atoms with E-state index in [1.807, 2.05) is 0 Å². The number of benzene rings is 2. The van der Waals surface area contributed by atoms with Crippen molar-refractivity contribution in [1.82, 2.24) is 5.32 Å². The van der Waals surface area contributed by atoms with Gasteiger partial charge >= 0.3 is 6.03 Å². The summed E-state index contributed by atoms with van der Waals surface area (Å²) in [6.07, 6.45) is 0. The number of nitrogens with one attached hydrogen (secondary N) is 2. The van der Waals surface area contributed by atoms with E-state index in [1.165, 1.54) is 6.07 Å². The molecule has 0 spiro atoms. The SMILES string of the molecule is O=C(NCCOc1ccc(F)c(F)c1)Nc1ccc2c(c1)OCO2. The number of hydrogen-bond donors (Lipinski definition) is 2. The molecule has 1 aliphatic heterocycles. The van der Waals surface area contributed by atoms with Crippen molar-refractivity contribution in [2.75, 3.05) is 25.3 Å². The molecule has 2 amide bonds. The Labute approximate surface area is 136 Å². The summed E-state index contributed by atoms with van der Waals surface area (Å²) in [6.45, 7) is 0.460. The molecule has 0 fully saturated rings. The molecule has 24 heavy (non-hydrogen) atoms. The molecular weight excluding hydrogens is 322 g/mol. The van der Waals surface area contributed by atoms with Crippen molar-refractivity contribution < 1.29 is 27.8 Å². The predicted molar refractivity (Wildman–Crippen MR) is 81.4 cm³/mol. The zero-order chi connectivity index (χ0) is 16.9. The van der Waals surface area contributed by atoms with Gasteiger partial charge in [-0.3, -0.25) is 0 Å². The van der Waals surface area contributed by atoms with Gasteiger partial charge in [-0.1, -0.05) is 0 Å². The van der Waals surface area contributed by atoms with E-state index < -0.39 is 17.7 Å². The molecule has 2 aromatic rings. The molecule has 0 radical (unpaired) electrons. The number of hydrogen-bond acceptors (Lipinski definition) is 4. The molecule has 126 valence electrons. The van der Waals surface area contributed by atoms with Crippen molar-refractivity contribution in [2.45, 2.75) is 0 Å². The fourth-order valence-corrected chi connectivity index (χ4v) is 2.05. The first kappa shape index (κ1) is 15.9. The second-order valence-corrected chi connectivity index (χ2v) is 4.87. The van der Waals surface area contributed by atoms with Crippen LogP contribution >= 0.6 is 0 Å². The van der Waals surface area contributed by atoms with Gasteiger partial charge in [-0.05, 0) is 24.3 Å². The van der Waals surface area contributed by atoms with Crippen LogP contribution in [0.15, 0.2) is 36.4 Å². The first-order chi connectivity index (χ1) is 11.6. The van der Waals surface area contributed by atoms with Crippen LogP contribution in [0.4, 0.5) is 19.3 Å². The smallest absolute Gasteiger partial charge is 0.319 e. The van der Waals surface area contributed by atoms with E-state index in [-0.39, 0.29) is 25.7 Å². The highest BCUT2D eigenvalue weighted by molar-refractivity contribution is 5.89. The summed E-state index contributed by atoms with van der Waals surface area (Å²) in [5.41, 5.74) is 0.554. The first-order valence-electron chi connectivity index (χ1n) is 7.14. The van der Waals surface area contributed by atoms with Gasteiger partial charge in [0, 0.05) is 17.8 Å². The van der Waals surface area contributed by atoms with E-state index in [2.05, 4.69) is 10.6 Å². The minimum Gasteiger partial charge on any atom is -0.492 e. The molecule has 2 aromatic carbocycles. The summed E-state index contributed by atoms with van der Waals surface area (Å²) in [4.78, 5) is 11.8. The van der Waals surface area contributed by atoms with Gasteiger partial charge in [-0.2, -0.15) is 0 Å². The standard InChI is InChI=1S/C16H14F2N2O4/c17-12-3-2-11(8-13(12)18)22-6-5-19-16(21)20-10-1-4-14-15(7-10)24-9-23-14/h1-4,7-8H,5-6,9H2,(H2,19,20,21). The molecule has 0 atom stereocenters. The third-order valence-electron chi connectivity index (χ3n) is 3.18. The number of ether oxygens (including phenoxy) is 3. The summed E-state index contributed by atoms with van der Waals surface area (Å²) in [7, 11) is 0. The molecule has 0 saturated carbocycles. The Morgan fingerprint density at radius 2 is 1.92 bits per heavy atom. The molecule has 0 saturated heterocycles. The van der Waals surface area contributed by atoms with Crippen LogP contribution in [0.3, 0.4) is 0 Å². The van der Waals surface area contributed by atoms with Gasteiger partial charge in [-0.15, -0.1) is 0 Å². The van der Waals surface area contributed by atoms with Crippen molar-refractivity contribution in [3.8, 4) is 17.2 Å². The molecule has 0 aromatic heterocycles. The molecule has 0 unspecified atom stereocenters. The Morgan fingerprint density at radius 3 is 2.75 bits per heavy atom. The first-order valence-corrected chi connectivity index (χ1v) is 7.14. The average Bonchev–Trinajstić information content (AvgIpc) is 3.02. The Bertz CT molecular complexity index is 755. The molecule has 8 heteroatoms. The molecule has 2 N–H and O–H groups in total. The second kappa shape index (κ2) is 7.03. The van der Waals surface area contributed by atoms with Crippen LogP contribution < -0.4 is 24.8 Å². The number of fused-ring (bicyclic) bond motifs is 1. The van der Waals surface area contributed by atoms with Crippen molar-refractivity contribution >= 4 is 11.7 Å². The monoisotopic (exact) mass is 336 g/mol. The molecule has 1 aliphatic rings. The second-order valence-electron chi connectivity index (χ2n) is 4.87. The highest BCUT2D eigenvalue weighted by atomic mass is 19.2. The van der Waals surface area contributed by atoms with Crippen molar-refractivity contribution in [3.63, 3.8) is 0 Å². The fourth-order valence-electron chi connectivity index (χ4n) is 2.05. The van der Waals surface area contributed by atoms with Crippen molar-refractivity contribution in [2.24, 2.45) is 0 Å². The lowest BCUT2D eigenvalue weighted by atomic mass is 10.3. The van der Waals surface area contributed by atoms with Crippen LogP contribution in [-0.4, -0.2) is 26.0 Å². The normalized spacial score (nSPS) is 11.9. The molecule has 6 nitrogen and oxygen atoms in total. The summed E-state index contributed by atoms with van der Waals surface area (Å²) in [5, 5.41) is 5.22. The van der Waals surface area contributed by atoms with Gasteiger partial charge in [0.25, 0.3) is 0 Å². The van der Waals surface area contributed by atoms with Gasteiger partial charge in [0.15, 0.2) is 23.1 Å². The maximum atomic E-state index is 13.0. The molecule has 3 rings (SSSR count). The lowest BCUT2D eigenvalue weighted by molar-refractivity contribution is 0.174. The average molecular weight is 336 g/mol. The minimum absolute atomic E-state index is 0.111. The molecular formula is C16H14F2N2O4. The van der Waals surface area contributed by atoms with E-state index in [0.29, 0.717) is 17.2 Å². The third-order valence-corrected chi connectivity index (χ3v) is 3.18. The number of halogens is 2. The lowest BCUT2D eigenvalue weighted by Crippen LogP contribution is -2.32. The molecule has 1 heterocycles. The van der Waals surface area contributed by atoms with Crippen molar-refractivity contribution in [1.29, 1.82) is 0 Å². The van der Waals surface area contributed by atoms with Gasteiger partial charge < -0.3 is 24.8 Å². The Morgan fingerprint density at radius 1 is 1.08 bits per heavy atom. The van der Waals surface area contributed by atoms with Crippen LogP contribution in [0.25, 0.3) is 0 Å². The zero-order valence-corrected chi connectivity index (χ0v) is 12.5. The zero-order valence-electron chi connectivity index (χ0n) is 12.5. The number of anilines is 1. The maximum Gasteiger partial charge on any atom is 0.319 e. The number of amides is 2. The summed E-state index contributed by atoms with van der Waals surface area (Å²) in [6, 6.07) is 7.84. The van der Waals surface area contributed by atoms with Crippen LogP contribution in [0.5, 0.6) is 17.2 Å². The Kier molecular flexibility index (Phi) is 4.64. The number of rotatable bonds is 5. The largest absolute Gasteiger partial charge is 0.492 e. The molecule has 0 bridgehead atoms. The van der Waals surface area contributed by atoms with Crippen LogP contribution in [0, 0.1) is 11.6 Å². The highest BCUT2D eigenvalue weighted by Gasteiger charge is 2.14. The fraction of sp³-hybridized carbons (Fsp3) is 0.188. The summed E-state index contributed by atoms with van der Waals surface area (Å²) >= 11 is 0.